The van der Waals surface area contributed by atoms with Crippen LogP contribution >= 0.6 is 0 Å². The molecular weight excluding hydrogens is 382 g/mol. The van der Waals surface area contributed by atoms with E-state index in [0.29, 0.717) is 33.0 Å². The number of hydrogen-bond acceptors (Lipinski definition) is 7. The van der Waals surface area contributed by atoms with E-state index >= 15 is 0 Å². The average Bonchev–Trinajstić information content (AvgIpc) is 2.65. The normalized spacial score (nSPS) is 19.4. The molecule has 0 aliphatic carbocycles. The number of rotatable bonds is 12. The van der Waals surface area contributed by atoms with Crippen LogP contribution in [-0.4, -0.2) is 50.0 Å². The largest absolute Gasteiger partial charge is 0.540 e. The maximum Gasteiger partial charge on any atom is 0.540 e. The van der Waals surface area contributed by atoms with Gasteiger partial charge in [0.05, 0.1) is 6.61 Å². The Bertz CT molecular complexity index is 574. The molecule has 0 radical (unpaired) electrons. The minimum atomic E-state index is -2.84. The lowest BCUT2D eigenvalue weighted by Crippen LogP contribution is -2.51. The van der Waals surface area contributed by atoms with Crippen LogP contribution in [0.25, 0.3) is 0 Å². The Morgan fingerprint density at radius 3 is 2.37 bits per heavy atom. The van der Waals surface area contributed by atoms with Crippen molar-refractivity contribution in [2.75, 3.05) is 32.6 Å². The lowest BCUT2D eigenvalue weighted by molar-refractivity contribution is 0.0541. The van der Waals surface area contributed by atoms with Crippen LogP contribution in [0.1, 0.15) is 32.8 Å². The third kappa shape index (κ3) is 6.28. The Morgan fingerprint density at radius 1 is 1.11 bits per heavy atom. The van der Waals surface area contributed by atoms with Gasteiger partial charge in [-0.2, -0.15) is 0 Å². The van der Waals surface area contributed by atoms with Crippen LogP contribution in [0.2, 0.25) is 12.6 Å². The highest BCUT2D eigenvalue weighted by atomic mass is 28.4. The fourth-order valence-electron chi connectivity index (χ4n) is 2.98. The molecule has 1 aromatic rings. The van der Waals surface area contributed by atoms with Crippen molar-refractivity contribution >= 4 is 17.4 Å². The molecule has 0 bridgehead atoms. The number of benzene rings is 1. The van der Waals surface area contributed by atoms with E-state index in [9.17, 15) is 0 Å². The molecule has 1 aliphatic heterocycles. The summed E-state index contributed by atoms with van der Waals surface area (Å²) in [6.45, 7) is 10.6. The predicted octanol–water partition coefficient (Wildman–Crippen LogP) is 2.98. The van der Waals surface area contributed by atoms with Gasteiger partial charge in [0, 0.05) is 31.4 Å². The first kappa shape index (κ1) is 22.3. The van der Waals surface area contributed by atoms with Crippen LogP contribution in [0.3, 0.4) is 0 Å². The fourth-order valence-corrected chi connectivity index (χ4v) is 7.42. The summed E-state index contributed by atoms with van der Waals surface area (Å²) < 4.78 is 35.7. The van der Waals surface area contributed by atoms with E-state index in [2.05, 4.69) is 6.55 Å². The molecule has 27 heavy (non-hydrogen) atoms. The Kier molecular flexibility index (Phi) is 8.74. The van der Waals surface area contributed by atoms with Crippen molar-refractivity contribution in [3.8, 4) is 11.5 Å². The second-order valence-electron chi connectivity index (χ2n) is 6.46. The topological polar surface area (TPSA) is 81.4 Å². The minimum absolute atomic E-state index is 0.270. The molecule has 1 aromatic carbocycles. The van der Waals surface area contributed by atoms with Crippen LogP contribution in [0.4, 0.5) is 0 Å². The van der Waals surface area contributed by atoms with E-state index in [4.69, 9.17) is 32.6 Å². The van der Waals surface area contributed by atoms with Gasteiger partial charge in [0.2, 0.25) is 0 Å². The Morgan fingerprint density at radius 2 is 1.78 bits per heavy atom. The summed E-state index contributed by atoms with van der Waals surface area (Å²) in [5.74, 6) is 1.60. The van der Waals surface area contributed by atoms with Crippen molar-refractivity contribution in [3.05, 3.63) is 23.8 Å². The predicted molar refractivity (Wildman–Crippen MR) is 108 cm³/mol. The third-order valence-corrected chi connectivity index (χ3v) is 9.59. The van der Waals surface area contributed by atoms with Crippen molar-refractivity contribution in [2.24, 2.45) is 5.73 Å². The zero-order valence-corrected chi connectivity index (χ0v) is 18.9. The molecule has 0 aromatic heterocycles. The summed E-state index contributed by atoms with van der Waals surface area (Å²) in [7, 11) is -5.02. The van der Waals surface area contributed by atoms with Crippen LogP contribution < -0.4 is 14.9 Å². The zero-order valence-electron chi connectivity index (χ0n) is 16.9. The van der Waals surface area contributed by atoms with Gasteiger partial charge >= 0.3 is 17.4 Å². The lowest BCUT2D eigenvalue weighted by Gasteiger charge is -2.33. The Labute approximate surface area is 164 Å². The summed E-state index contributed by atoms with van der Waals surface area (Å²) in [6.07, 6.45) is 1.18. The molecule has 1 unspecified atom stereocenters. The molecule has 1 atom stereocenters. The highest BCUT2D eigenvalue weighted by Gasteiger charge is 2.42. The van der Waals surface area contributed by atoms with E-state index in [-0.39, 0.29) is 6.23 Å². The molecule has 2 rings (SSSR count). The second-order valence-corrected chi connectivity index (χ2v) is 12.2. The van der Waals surface area contributed by atoms with Gasteiger partial charge in [0.15, 0.2) is 6.23 Å². The van der Waals surface area contributed by atoms with E-state index in [1.165, 1.54) is 0 Å². The smallest absolute Gasteiger partial charge is 0.520 e. The minimum Gasteiger partial charge on any atom is -0.520 e. The molecular formula is C18H33NO6Si2. The molecule has 0 saturated heterocycles. The van der Waals surface area contributed by atoms with Crippen molar-refractivity contribution in [1.29, 1.82) is 0 Å². The third-order valence-electron chi connectivity index (χ3n) is 4.23. The van der Waals surface area contributed by atoms with Crippen LogP contribution in [0.5, 0.6) is 11.5 Å². The van der Waals surface area contributed by atoms with Gasteiger partial charge in [-0.05, 0) is 58.5 Å². The summed E-state index contributed by atoms with van der Waals surface area (Å²) in [5, 5.41) is 0. The van der Waals surface area contributed by atoms with E-state index in [0.717, 1.165) is 29.5 Å². The standard InChI is InChI=1S/C18H33NO6Si2/c1-5-21-27(22-6-2,23-7-3)15-20-17-9-10-18-16(13-17)14-24-26(4,25-18)12-8-11-19/h9-10,13H,5-8,11-12,14-15,19H2,1-4H3. The first-order valence-corrected chi connectivity index (χ1v) is 14.2. The molecule has 154 valence electrons. The van der Waals surface area contributed by atoms with Gasteiger partial charge in [-0.15, -0.1) is 0 Å². The summed E-state index contributed by atoms with van der Waals surface area (Å²) >= 11 is 0. The second kappa shape index (κ2) is 10.6. The van der Waals surface area contributed by atoms with Crippen molar-refractivity contribution in [2.45, 2.75) is 46.4 Å². The van der Waals surface area contributed by atoms with Gasteiger partial charge in [-0.25, -0.2) is 0 Å². The highest BCUT2D eigenvalue weighted by molar-refractivity contribution is 6.67. The molecule has 0 spiro atoms. The first-order valence-electron chi connectivity index (χ1n) is 9.70. The van der Waals surface area contributed by atoms with Crippen LogP contribution in [0.15, 0.2) is 18.2 Å². The number of nitrogens with two attached hydrogens (primary N) is 1. The fraction of sp³-hybridized carbons (Fsp3) is 0.667. The SMILES string of the molecule is CCO[Si](COc1ccc2c(c1)CO[Si](C)(CCCN)O2)(OCC)OCC. The van der Waals surface area contributed by atoms with Gasteiger partial charge in [-0.3, -0.25) is 0 Å². The van der Waals surface area contributed by atoms with E-state index < -0.39 is 17.4 Å². The first-order chi connectivity index (χ1) is 13.0. The highest BCUT2D eigenvalue weighted by Crippen LogP contribution is 2.34. The molecule has 7 nitrogen and oxygen atoms in total. The van der Waals surface area contributed by atoms with Crippen LogP contribution in [0, 0.1) is 0 Å². The number of ether oxygens (including phenoxy) is 1. The molecule has 0 saturated carbocycles. The van der Waals surface area contributed by atoms with E-state index in [1.807, 2.05) is 39.0 Å². The van der Waals surface area contributed by atoms with Crippen molar-refractivity contribution in [1.82, 2.24) is 0 Å². The Hall–Kier alpha value is -0.946. The van der Waals surface area contributed by atoms with E-state index in [1.54, 1.807) is 0 Å². The monoisotopic (exact) mass is 415 g/mol. The van der Waals surface area contributed by atoms with Crippen LogP contribution in [-0.2, 0) is 24.3 Å². The zero-order chi connectivity index (χ0) is 19.8. The molecule has 2 N–H and O–H groups in total. The number of fused-ring (bicyclic) bond motifs is 1. The maximum atomic E-state index is 6.18. The molecule has 1 heterocycles. The molecule has 0 amide bonds. The van der Waals surface area contributed by atoms with Gasteiger partial charge < -0.3 is 32.6 Å². The van der Waals surface area contributed by atoms with Crippen molar-refractivity contribution in [3.63, 3.8) is 0 Å². The lowest BCUT2D eigenvalue weighted by atomic mass is 10.2. The van der Waals surface area contributed by atoms with Gasteiger partial charge in [0.25, 0.3) is 0 Å². The van der Waals surface area contributed by atoms with Gasteiger partial charge in [-0.1, -0.05) is 0 Å². The molecule has 1 aliphatic rings. The summed E-state index contributed by atoms with van der Waals surface area (Å²) in [6, 6.07) is 6.71. The van der Waals surface area contributed by atoms with Crippen molar-refractivity contribution < 1.29 is 26.9 Å². The molecule has 0 fully saturated rings. The quantitative estimate of drug-likeness (QED) is 0.526. The van der Waals surface area contributed by atoms with Gasteiger partial charge in [0.1, 0.15) is 11.5 Å². The number of hydrogen-bond donors (Lipinski definition) is 1. The summed E-state index contributed by atoms with van der Waals surface area (Å²) in [5.41, 5.74) is 6.61. The molecule has 9 heteroatoms. The maximum absolute atomic E-state index is 6.18. The Balaban J connectivity index is 2.04. The summed E-state index contributed by atoms with van der Waals surface area (Å²) in [4.78, 5) is 0. The average molecular weight is 416 g/mol.